The number of aliphatic hydroxyl groups excluding tert-OH is 1. The predicted molar refractivity (Wildman–Crippen MR) is 92.2 cm³/mol. The maximum absolute atomic E-state index is 11.6. The zero-order chi connectivity index (χ0) is 17.4. The van der Waals surface area contributed by atoms with Crippen LogP contribution >= 0.6 is 23.2 Å². The molecule has 1 heterocycles. The molecule has 1 N–H and O–H groups in total. The van der Waals surface area contributed by atoms with Crippen molar-refractivity contribution in [2.75, 3.05) is 13.2 Å². The van der Waals surface area contributed by atoms with Gasteiger partial charge in [-0.05, 0) is 31.4 Å². The summed E-state index contributed by atoms with van der Waals surface area (Å²) in [5.41, 5.74) is -0.298. The van der Waals surface area contributed by atoms with E-state index in [4.69, 9.17) is 42.2 Å². The highest BCUT2D eigenvalue weighted by Gasteiger charge is 2.04. The first kappa shape index (κ1) is 18.6. The monoisotopic (exact) mass is 372 g/mol. The first-order valence-electron chi connectivity index (χ1n) is 7.53. The molecule has 2 rings (SSSR count). The van der Waals surface area contributed by atoms with Crippen LogP contribution in [0.4, 0.5) is 0 Å². The van der Waals surface area contributed by atoms with E-state index >= 15 is 0 Å². The van der Waals surface area contributed by atoms with Crippen LogP contribution in [-0.4, -0.2) is 18.3 Å². The van der Waals surface area contributed by atoms with E-state index in [1.807, 2.05) is 0 Å². The topological polar surface area (TPSA) is 68.9 Å². The molecule has 1 aromatic carbocycles. The second-order valence-corrected chi connectivity index (χ2v) is 5.88. The van der Waals surface area contributed by atoms with Crippen LogP contribution in [0.2, 0.25) is 10.0 Å². The van der Waals surface area contributed by atoms with Gasteiger partial charge in [0.25, 0.3) is 0 Å². The molecule has 0 aliphatic carbocycles. The van der Waals surface area contributed by atoms with Gasteiger partial charge in [-0.2, -0.15) is 0 Å². The van der Waals surface area contributed by atoms with Gasteiger partial charge in [0, 0.05) is 12.1 Å². The van der Waals surface area contributed by atoms with Crippen LogP contribution in [0.1, 0.15) is 25.0 Å². The molecule has 0 unspecified atom stereocenters. The lowest BCUT2D eigenvalue weighted by Gasteiger charge is -2.08. The highest BCUT2D eigenvalue weighted by atomic mass is 35.5. The number of rotatable bonds is 9. The van der Waals surface area contributed by atoms with Crippen molar-refractivity contribution in [3.8, 4) is 11.5 Å². The van der Waals surface area contributed by atoms with Crippen molar-refractivity contribution in [3.63, 3.8) is 0 Å². The van der Waals surface area contributed by atoms with E-state index in [1.165, 1.54) is 12.3 Å². The molecule has 0 aliphatic rings. The fourth-order valence-electron chi connectivity index (χ4n) is 1.95. The summed E-state index contributed by atoms with van der Waals surface area (Å²) in [7, 11) is 0. The van der Waals surface area contributed by atoms with Crippen LogP contribution in [0.3, 0.4) is 0 Å². The van der Waals surface area contributed by atoms with Gasteiger partial charge in [-0.1, -0.05) is 23.2 Å². The molecular weight excluding hydrogens is 355 g/mol. The molecular formula is C17H18Cl2O5. The van der Waals surface area contributed by atoms with Gasteiger partial charge in [-0.3, -0.25) is 4.79 Å². The summed E-state index contributed by atoms with van der Waals surface area (Å²) in [6, 6.07) is 6.37. The van der Waals surface area contributed by atoms with Crippen LogP contribution in [0.25, 0.3) is 0 Å². The number of hydrogen-bond acceptors (Lipinski definition) is 5. The van der Waals surface area contributed by atoms with Gasteiger partial charge in [0.05, 0.1) is 23.3 Å². The van der Waals surface area contributed by atoms with Crippen molar-refractivity contribution in [1.29, 1.82) is 0 Å². The van der Waals surface area contributed by atoms with E-state index in [9.17, 15) is 4.79 Å². The predicted octanol–water partition coefficient (Wildman–Crippen LogP) is 4.07. The van der Waals surface area contributed by atoms with E-state index in [0.717, 1.165) is 19.3 Å². The molecule has 0 saturated heterocycles. The Kier molecular flexibility index (Phi) is 7.43. The lowest BCUT2D eigenvalue weighted by Crippen LogP contribution is -2.09. The van der Waals surface area contributed by atoms with Crippen molar-refractivity contribution < 1.29 is 19.0 Å². The first-order chi connectivity index (χ1) is 11.6. The molecule has 2 aromatic rings. The van der Waals surface area contributed by atoms with E-state index in [2.05, 4.69) is 0 Å². The molecule has 1 aromatic heterocycles. The highest BCUT2D eigenvalue weighted by Crippen LogP contribution is 2.26. The number of hydrogen-bond donors (Lipinski definition) is 1. The highest BCUT2D eigenvalue weighted by molar-refractivity contribution is 6.42. The van der Waals surface area contributed by atoms with Crippen molar-refractivity contribution in [2.24, 2.45) is 0 Å². The van der Waals surface area contributed by atoms with Crippen molar-refractivity contribution >= 4 is 23.2 Å². The van der Waals surface area contributed by atoms with Crippen molar-refractivity contribution in [3.05, 3.63) is 56.6 Å². The Hall–Kier alpha value is -1.69. The Morgan fingerprint density at radius 3 is 2.42 bits per heavy atom. The quantitative estimate of drug-likeness (QED) is 0.671. The van der Waals surface area contributed by atoms with Gasteiger partial charge in [-0.25, -0.2) is 0 Å². The lowest BCUT2D eigenvalue weighted by molar-refractivity contribution is 0.235. The molecule has 0 radical (unpaired) electrons. The third-order valence-electron chi connectivity index (χ3n) is 3.21. The van der Waals surface area contributed by atoms with Gasteiger partial charge in [-0.15, -0.1) is 0 Å². The normalized spacial score (nSPS) is 10.6. The van der Waals surface area contributed by atoms with E-state index in [-0.39, 0.29) is 23.5 Å². The minimum absolute atomic E-state index is 0.152. The van der Waals surface area contributed by atoms with Crippen LogP contribution in [0, 0.1) is 0 Å². The smallest absolute Gasteiger partial charge is 0.227 e. The third-order valence-corrected chi connectivity index (χ3v) is 3.95. The van der Waals surface area contributed by atoms with Crippen LogP contribution in [-0.2, 0) is 6.61 Å². The molecule has 0 aliphatic heterocycles. The lowest BCUT2D eigenvalue weighted by atomic mass is 10.2. The molecule has 0 bridgehead atoms. The summed E-state index contributed by atoms with van der Waals surface area (Å²) < 4.78 is 16.0. The molecule has 0 fully saturated rings. The number of benzene rings is 1. The second-order valence-electron chi connectivity index (χ2n) is 5.07. The summed E-state index contributed by atoms with van der Waals surface area (Å²) >= 11 is 11.7. The van der Waals surface area contributed by atoms with Gasteiger partial charge >= 0.3 is 0 Å². The minimum atomic E-state index is -0.311. The Morgan fingerprint density at radius 1 is 1.00 bits per heavy atom. The maximum Gasteiger partial charge on any atom is 0.227 e. The summed E-state index contributed by atoms with van der Waals surface area (Å²) in [5, 5.41) is 9.83. The zero-order valence-electron chi connectivity index (χ0n) is 13.0. The SMILES string of the molecule is O=c1cc(CO)occ1OCCCCCOc1ccc(Cl)c(Cl)c1. The van der Waals surface area contributed by atoms with Crippen LogP contribution in [0.15, 0.2) is 39.7 Å². The Balaban J connectivity index is 1.61. The molecule has 24 heavy (non-hydrogen) atoms. The van der Waals surface area contributed by atoms with E-state index in [1.54, 1.807) is 18.2 Å². The van der Waals surface area contributed by atoms with Gasteiger partial charge in [0.2, 0.25) is 11.2 Å². The van der Waals surface area contributed by atoms with Crippen molar-refractivity contribution in [1.82, 2.24) is 0 Å². The molecule has 0 saturated carbocycles. The van der Waals surface area contributed by atoms with E-state index in [0.29, 0.717) is 29.0 Å². The Morgan fingerprint density at radius 2 is 1.75 bits per heavy atom. The fourth-order valence-corrected chi connectivity index (χ4v) is 2.23. The van der Waals surface area contributed by atoms with Crippen LogP contribution < -0.4 is 14.9 Å². The molecule has 7 heteroatoms. The average Bonchev–Trinajstić information content (AvgIpc) is 2.58. The molecule has 0 atom stereocenters. The Bertz CT molecular complexity index is 714. The third kappa shape index (κ3) is 5.74. The number of ether oxygens (including phenoxy) is 2. The largest absolute Gasteiger partial charge is 0.494 e. The standard InChI is InChI=1S/C17H18Cl2O5/c18-14-5-4-12(8-15(14)19)22-6-2-1-3-7-23-17-11-24-13(10-20)9-16(17)21/h4-5,8-9,11,20H,1-3,6-7,10H2. The van der Waals surface area contributed by atoms with Gasteiger partial charge < -0.3 is 19.0 Å². The zero-order valence-corrected chi connectivity index (χ0v) is 14.5. The fraction of sp³-hybridized carbons (Fsp3) is 0.353. The maximum atomic E-state index is 11.6. The van der Waals surface area contributed by atoms with Crippen LogP contribution in [0.5, 0.6) is 11.5 Å². The molecule has 5 nitrogen and oxygen atoms in total. The first-order valence-corrected chi connectivity index (χ1v) is 8.29. The summed E-state index contributed by atoms with van der Waals surface area (Å²) in [4.78, 5) is 11.6. The second kappa shape index (κ2) is 9.57. The summed E-state index contributed by atoms with van der Waals surface area (Å²) in [6.07, 6.45) is 3.75. The molecule has 0 amide bonds. The molecule has 0 spiro atoms. The number of aliphatic hydroxyl groups is 1. The summed E-state index contributed by atoms with van der Waals surface area (Å²) in [6.45, 7) is 0.662. The van der Waals surface area contributed by atoms with Gasteiger partial charge in [0.15, 0.2) is 0 Å². The number of halogens is 2. The Labute approximate surface area is 149 Å². The van der Waals surface area contributed by atoms with Gasteiger partial charge in [0.1, 0.15) is 24.4 Å². The average molecular weight is 373 g/mol. The molecule has 130 valence electrons. The summed E-state index contributed by atoms with van der Waals surface area (Å²) in [5.74, 6) is 1.05. The van der Waals surface area contributed by atoms with Crippen molar-refractivity contribution in [2.45, 2.75) is 25.9 Å². The number of unbranched alkanes of at least 4 members (excludes halogenated alkanes) is 2. The van der Waals surface area contributed by atoms with E-state index < -0.39 is 0 Å². The minimum Gasteiger partial charge on any atom is -0.494 e.